The highest BCUT2D eigenvalue weighted by atomic mass is 16.7. The molecular weight excluding hydrogens is 280 g/mol. The molecule has 0 aromatic rings. The lowest BCUT2D eigenvalue weighted by atomic mass is 9.93. The van der Waals surface area contributed by atoms with Gasteiger partial charge in [-0.2, -0.15) is 0 Å². The molecule has 4 heteroatoms. The summed E-state index contributed by atoms with van der Waals surface area (Å²) in [4.78, 5) is 0. The molecule has 4 nitrogen and oxygen atoms in total. The highest BCUT2D eigenvalue weighted by molar-refractivity contribution is 5.02. The lowest BCUT2D eigenvalue weighted by Crippen LogP contribution is -2.48. The van der Waals surface area contributed by atoms with Crippen LogP contribution in [0.5, 0.6) is 0 Å². The van der Waals surface area contributed by atoms with Crippen molar-refractivity contribution in [1.29, 1.82) is 0 Å². The molecule has 2 saturated carbocycles. The molecule has 0 amide bonds. The van der Waals surface area contributed by atoms with Gasteiger partial charge in [0.05, 0.1) is 26.4 Å². The third kappa shape index (κ3) is 2.62. The number of ether oxygens (including phenoxy) is 4. The van der Waals surface area contributed by atoms with Crippen LogP contribution < -0.4 is 0 Å². The van der Waals surface area contributed by atoms with Gasteiger partial charge in [0, 0.05) is 36.5 Å². The number of rotatable bonds is 0. The molecule has 4 fully saturated rings. The van der Waals surface area contributed by atoms with Crippen molar-refractivity contribution < 1.29 is 18.9 Å². The molecule has 0 N–H and O–H groups in total. The van der Waals surface area contributed by atoms with E-state index in [2.05, 4.69) is 27.7 Å². The Kier molecular flexibility index (Phi) is 3.27. The van der Waals surface area contributed by atoms with E-state index in [-0.39, 0.29) is 22.4 Å². The third-order valence-electron chi connectivity index (χ3n) is 5.86. The van der Waals surface area contributed by atoms with Crippen LogP contribution in [-0.2, 0) is 18.9 Å². The zero-order chi connectivity index (χ0) is 15.6. The summed E-state index contributed by atoms with van der Waals surface area (Å²) in [6, 6.07) is 0. The van der Waals surface area contributed by atoms with E-state index in [9.17, 15) is 0 Å². The van der Waals surface area contributed by atoms with Crippen molar-refractivity contribution in [2.45, 2.75) is 65.0 Å². The Balaban J connectivity index is 1.39. The van der Waals surface area contributed by atoms with E-state index in [1.54, 1.807) is 0 Å². The van der Waals surface area contributed by atoms with Crippen molar-refractivity contribution in [1.82, 2.24) is 0 Å². The van der Waals surface area contributed by atoms with Gasteiger partial charge in [0.2, 0.25) is 0 Å². The smallest absolute Gasteiger partial charge is 0.168 e. The first-order valence-electron chi connectivity index (χ1n) is 8.77. The maximum atomic E-state index is 6.18. The van der Waals surface area contributed by atoms with E-state index >= 15 is 0 Å². The van der Waals surface area contributed by atoms with Gasteiger partial charge in [-0.25, -0.2) is 0 Å². The maximum absolute atomic E-state index is 6.18. The minimum Gasteiger partial charge on any atom is -0.349 e. The molecule has 2 aliphatic heterocycles. The Hall–Kier alpha value is -0.160. The van der Waals surface area contributed by atoms with Gasteiger partial charge in [-0.1, -0.05) is 27.7 Å². The van der Waals surface area contributed by atoms with Crippen LogP contribution in [0.25, 0.3) is 0 Å². The van der Waals surface area contributed by atoms with Crippen LogP contribution in [0.4, 0.5) is 0 Å². The van der Waals surface area contributed by atoms with Gasteiger partial charge >= 0.3 is 0 Å². The summed E-state index contributed by atoms with van der Waals surface area (Å²) in [5, 5.41) is 0. The van der Waals surface area contributed by atoms with E-state index in [0.717, 1.165) is 52.1 Å². The molecule has 0 unspecified atom stereocenters. The van der Waals surface area contributed by atoms with Gasteiger partial charge < -0.3 is 18.9 Å². The summed E-state index contributed by atoms with van der Waals surface area (Å²) in [5.74, 6) is 0.589. The van der Waals surface area contributed by atoms with Gasteiger partial charge in [-0.05, 0) is 11.8 Å². The van der Waals surface area contributed by atoms with Crippen LogP contribution in [0.15, 0.2) is 0 Å². The third-order valence-corrected chi connectivity index (χ3v) is 5.86. The lowest BCUT2D eigenvalue weighted by molar-refractivity contribution is -0.314. The fourth-order valence-corrected chi connectivity index (χ4v) is 4.52. The standard InChI is InChI=1S/C18H30O4/c1-15(2)9-19-17(20-10-15)5-13-7-18(8-14(13)6-17)21-11-16(3,4)12-22-18/h13-14H,5-12H2,1-4H3. The van der Waals surface area contributed by atoms with Gasteiger partial charge in [-0.3, -0.25) is 0 Å². The van der Waals surface area contributed by atoms with E-state index in [0.29, 0.717) is 11.8 Å². The predicted octanol–water partition coefficient (Wildman–Crippen LogP) is 3.35. The fourth-order valence-electron chi connectivity index (χ4n) is 4.52. The number of hydrogen-bond acceptors (Lipinski definition) is 4. The summed E-state index contributed by atoms with van der Waals surface area (Å²) in [7, 11) is 0. The van der Waals surface area contributed by atoms with E-state index in [4.69, 9.17) is 18.9 Å². The maximum Gasteiger partial charge on any atom is 0.168 e. The molecule has 2 heterocycles. The van der Waals surface area contributed by atoms with Crippen molar-refractivity contribution >= 4 is 0 Å². The Morgan fingerprint density at radius 2 is 0.818 bits per heavy atom. The fraction of sp³-hybridized carbons (Fsp3) is 1.00. The van der Waals surface area contributed by atoms with Crippen LogP contribution in [0.2, 0.25) is 0 Å². The monoisotopic (exact) mass is 310 g/mol. The SMILES string of the molecule is CC1(C)COC2(CC3CC4(CC3C2)OCC(C)(C)CO4)OC1. The predicted molar refractivity (Wildman–Crippen MR) is 82.3 cm³/mol. The quantitative estimate of drug-likeness (QED) is 0.687. The molecule has 0 atom stereocenters. The van der Waals surface area contributed by atoms with Crippen molar-refractivity contribution in [3.63, 3.8) is 0 Å². The summed E-state index contributed by atoms with van der Waals surface area (Å²) in [6.45, 7) is 12.0. The second-order valence-electron chi connectivity index (χ2n) is 9.64. The number of hydrogen-bond donors (Lipinski definition) is 0. The normalized spacial score (nSPS) is 40.9. The van der Waals surface area contributed by atoms with Crippen molar-refractivity contribution in [3.8, 4) is 0 Å². The first-order chi connectivity index (χ1) is 10.2. The molecule has 126 valence electrons. The van der Waals surface area contributed by atoms with Gasteiger partial charge in [-0.15, -0.1) is 0 Å². The van der Waals surface area contributed by atoms with Gasteiger partial charge in [0.15, 0.2) is 11.6 Å². The molecule has 0 aromatic carbocycles. The first-order valence-corrected chi connectivity index (χ1v) is 8.77. The van der Waals surface area contributed by atoms with Crippen molar-refractivity contribution in [3.05, 3.63) is 0 Å². The zero-order valence-corrected chi connectivity index (χ0v) is 14.4. The lowest BCUT2D eigenvalue weighted by Gasteiger charge is -2.44. The second-order valence-corrected chi connectivity index (χ2v) is 9.64. The van der Waals surface area contributed by atoms with E-state index in [1.165, 1.54) is 0 Å². The number of fused-ring (bicyclic) bond motifs is 1. The molecular formula is C18H30O4. The first kappa shape index (κ1) is 15.4. The Morgan fingerprint density at radius 3 is 1.09 bits per heavy atom. The summed E-state index contributed by atoms with van der Waals surface area (Å²) in [6.07, 6.45) is 4.02. The molecule has 2 spiro atoms. The molecule has 2 aliphatic carbocycles. The second kappa shape index (κ2) is 4.69. The van der Waals surface area contributed by atoms with Crippen molar-refractivity contribution in [2.75, 3.05) is 26.4 Å². The summed E-state index contributed by atoms with van der Waals surface area (Å²) in [5.41, 5.74) is 0.288. The zero-order valence-electron chi connectivity index (χ0n) is 14.4. The molecule has 4 aliphatic rings. The van der Waals surface area contributed by atoms with Gasteiger partial charge in [0.25, 0.3) is 0 Å². The van der Waals surface area contributed by atoms with E-state index in [1.807, 2.05) is 0 Å². The largest absolute Gasteiger partial charge is 0.349 e. The van der Waals surface area contributed by atoms with Gasteiger partial charge in [0.1, 0.15) is 0 Å². The highest BCUT2D eigenvalue weighted by Crippen LogP contribution is 2.57. The highest BCUT2D eigenvalue weighted by Gasteiger charge is 2.59. The average molecular weight is 310 g/mol. The molecule has 0 aromatic heterocycles. The topological polar surface area (TPSA) is 36.9 Å². The molecule has 2 saturated heterocycles. The van der Waals surface area contributed by atoms with E-state index < -0.39 is 0 Å². The minimum absolute atomic E-state index is 0.144. The molecule has 0 bridgehead atoms. The van der Waals surface area contributed by atoms with Crippen LogP contribution in [0, 0.1) is 22.7 Å². The molecule has 4 rings (SSSR count). The van der Waals surface area contributed by atoms with Crippen molar-refractivity contribution in [2.24, 2.45) is 22.7 Å². The van der Waals surface area contributed by atoms with Crippen LogP contribution in [0.1, 0.15) is 53.4 Å². The minimum atomic E-state index is -0.319. The Morgan fingerprint density at radius 1 is 0.545 bits per heavy atom. The Labute approximate surface area is 133 Å². The van der Waals surface area contributed by atoms with Crippen LogP contribution >= 0.6 is 0 Å². The van der Waals surface area contributed by atoms with Crippen LogP contribution in [-0.4, -0.2) is 38.0 Å². The summed E-state index contributed by atoms with van der Waals surface area (Å²) >= 11 is 0. The summed E-state index contributed by atoms with van der Waals surface area (Å²) < 4.78 is 24.7. The van der Waals surface area contributed by atoms with Crippen LogP contribution in [0.3, 0.4) is 0 Å². The Bertz CT molecular complexity index is 378. The average Bonchev–Trinajstić information content (AvgIpc) is 2.91. The molecule has 0 radical (unpaired) electrons. The molecule has 22 heavy (non-hydrogen) atoms.